The van der Waals surface area contributed by atoms with Crippen LogP contribution in [0.1, 0.15) is 12.5 Å². The molecular formula is C11H14FNO2. The predicted octanol–water partition coefficient (Wildman–Crippen LogP) is 0.865. The lowest BCUT2D eigenvalue weighted by atomic mass is 10.1. The summed E-state index contributed by atoms with van der Waals surface area (Å²) < 4.78 is 13.1. The molecule has 0 heterocycles. The smallest absolute Gasteiger partial charge is 0.224 e. The Hall–Kier alpha value is -1.42. The van der Waals surface area contributed by atoms with Crippen LogP contribution in [0.3, 0.4) is 0 Å². The van der Waals surface area contributed by atoms with Crippen molar-refractivity contribution in [2.75, 3.05) is 6.54 Å². The van der Waals surface area contributed by atoms with E-state index in [0.29, 0.717) is 5.56 Å². The van der Waals surface area contributed by atoms with Crippen molar-refractivity contribution in [1.82, 2.24) is 5.32 Å². The van der Waals surface area contributed by atoms with Crippen molar-refractivity contribution in [2.45, 2.75) is 19.4 Å². The Bertz CT molecular complexity index is 339. The number of amides is 1. The average Bonchev–Trinajstić information content (AvgIpc) is 2.18. The lowest BCUT2D eigenvalue weighted by Gasteiger charge is -2.07. The number of hydrogen-bond donors (Lipinski definition) is 2. The van der Waals surface area contributed by atoms with Crippen molar-refractivity contribution in [2.24, 2.45) is 0 Å². The van der Waals surface area contributed by atoms with Crippen LogP contribution in [-0.4, -0.2) is 23.7 Å². The van der Waals surface area contributed by atoms with E-state index in [0.717, 1.165) is 0 Å². The van der Waals surface area contributed by atoms with Crippen LogP contribution in [-0.2, 0) is 11.2 Å². The first kappa shape index (κ1) is 11.7. The van der Waals surface area contributed by atoms with Gasteiger partial charge in [-0.15, -0.1) is 0 Å². The lowest BCUT2D eigenvalue weighted by Crippen LogP contribution is -2.31. The Balaban J connectivity index is 2.48. The normalized spacial score (nSPS) is 12.2. The maximum Gasteiger partial charge on any atom is 0.224 e. The van der Waals surface area contributed by atoms with Crippen molar-refractivity contribution in [1.29, 1.82) is 0 Å². The highest BCUT2D eigenvalue weighted by Gasteiger charge is 2.07. The number of carbonyl (C=O) groups excluding carboxylic acids is 1. The van der Waals surface area contributed by atoms with Gasteiger partial charge in [-0.05, 0) is 18.6 Å². The minimum Gasteiger partial charge on any atom is -0.392 e. The highest BCUT2D eigenvalue weighted by Crippen LogP contribution is 2.06. The van der Waals surface area contributed by atoms with E-state index in [1.807, 2.05) is 0 Å². The van der Waals surface area contributed by atoms with E-state index in [1.54, 1.807) is 25.1 Å². The first-order valence-corrected chi connectivity index (χ1v) is 4.77. The van der Waals surface area contributed by atoms with E-state index in [4.69, 9.17) is 5.11 Å². The van der Waals surface area contributed by atoms with Gasteiger partial charge in [-0.1, -0.05) is 18.2 Å². The van der Waals surface area contributed by atoms with Gasteiger partial charge in [0.05, 0.1) is 12.5 Å². The zero-order chi connectivity index (χ0) is 11.3. The molecule has 0 aromatic heterocycles. The number of benzene rings is 1. The predicted molar refractivity (Wildman–Crippen MR) is 54.8 cm³/mol. The fraction of sp³-hybridized carbons (Fsp3) is 0.364. The SMILES string of the molecule is C[C@H](O)CNC(=O)Cc1ccccc1F. The highest BCUT2D eigenvalue weighted by molar-refractivity contribution is 5.78. The molecule has 2 N–H and O–H groups in total. The van der Waals surface area contributed by atoms with Crippen molar-refractivity contribution in [3.05, 3.63) is 35.6 Å². The number of halogens is 1. The van der Waals surface area contributed by atoms with Gasteiger partial charge in [0.15, 0.2) is 0 Å². The molecule has 4 heteroatoms. The number of carbonyl (C=O) groups is 1. The number of nitrogens with one attached hydrogen (secondary N) is 1. The van der Waals surface area contributed by atoms with Gasteiger partial charge in [-0.3, -0.25) is 4.79 Å². The molecule has 0 saturated heterocycles. The summed E-state index contributed by atoms with van der Waals surface area (Å²) >= 11 is 0. The van der Waals surface area contributed by atoms with E-state index in [2.05, 4.69) is 5.32 Å². The van der Waals surface area contributed by atoms with Crippen molar-refractivity contribution >= 4 is 5.91 Å². The standard InChI is InChI=1S/C11H14FNO2/c1-8(14)7-13-11(15)6-9-4-2-3-5-10(9)12/h2-5,8,14H,6-7H2,1H3,(H,13,15)/t8-/m0/s1. The van der Waals surface area contributed by atoms with Crippen LogP contribution in [0.25, 0.3) is 0 Å². The first-order chi connectivity index (χ1) is 7.09. The maximum atomic E-state index is 13.1. The van der Waals surface area contributed by atoms with Gasteiger partial charge in [0.2, 0.25) is 5.91 Å². The minimum atomic E-state index is -0.588. The van der Waals surface area contributed by atoms with Gasteiger partial charge < -0.3 is 10.4 Å². The molecule has 0 saturated carbocycles. The van der Waals surface area contributed by atoms with Crippen LogP contribution in [0.5, 0.6) is 0 Å². The lowest BCUT2D eigenvalue weighted by molar-refractivity contribution is -0.120. The molecule has 1 atom stereocenters. The van der Waals surface area contributed by atoms with Crippen molar-refractivity contribution in [3.8, 4) is 0 Å². The van der Waals surface area contributed by atoms with E-state index in [1.165, 1.54) is 6.07 Å². The van der Waals surface area contributed by atoms with Gasteiger partial charge in [-0.2, -0.15) is 0 Å². The van der Waals surface area contributed by atoms with Crippen LogP contribution in [0, 0.1) is 5.82 Å². The zero-order valence-corrected chi connectivity index (χ0v) is 8.53. The first-order valence-electron chi connectivity index (χ1n) is 4.77. The number of aliphatic hydroxyl groups excluding tert-OH is 1. The fourth-order valence-electron chi connectivity index (χ4n) is 1.14. The van der Waals surface area contributed by atoms with Gasteiger partial charge in [-0.25, -0.2) is 4.39 Å². The molecule has 0 bridgehead atoms. The van der Waals surface area contributed by atoms with Crippen molar-refractivity contribution < 1.29 is 14.3 Å². The summed E-state index contributed by atoms with van der Waals surface area (Å²) in [6.45, 7) is 1.76. The molecule has 0 radical (unpaired) electrons. The molecule has 1 aromatic rings. The van der Waals surface area contributed by atoms with Gasteiger partial charge in [0.1, 0.15) is 5.82 Å². The van der Waals surface area contributed by atoms with Crippen LogP contribution in [0.15, 0.2) is 24.3 Å². The summed E-state index contributed by atoms with van der Waals surface area (Å²) in [5.41, 5.74) is 0.362. The zero-order valence-electron chi connectivity index (χ0n) is 8.53. The van der Waals surface area contributed by atoms with Crippen LogP contribution >= 0.6 is 0 Å². The molecule has 0 aliphatic heterocycles. The average molecular weight is 211 g/mol. The topological polar surface area (TPSA) is 49.3 Å². The van der Waals surface area contributed by atoms with E-state index < -0.39 is 6.10 Å². The number of aliphatic hydroxyl groups is 1. The minimum absolute atomic E-state index is 0.000602. The fourth-order valence-corrected chi connectivity index (χ4v) is 1.14. The third-order valence-corrected chi connectivity index (χ3v) is 1.90. The molecule has 1 amide bonds. The number of rotatable bonds is 4. The second-order valence-electron chi connectivity index (χ2n) is 3.42. The Morgan fingerprint density at radius 2 is 2.20 bits per heavy atom. The molecule has 0 unspecified atom stereocenters. The van der Waals surface area contributed by atoms with Crippen molar-refractivity contribution in [3.63, 3.8) is 0 Å². The Kier molecular flexibility index (Phi) is 4.24. The second kappa shape index (κ2) is 5.46. The second-order valence-corrected chi connectivity index (χ2v) is 3.42. The Morgan fingerprint density at radius 3 is 2.80 bits per heavy atom. The molecule has 0 aliphatic rings. The summed E-state index contributed by atoms with van der Waals surface area (Å²) in [6, 6.07) is 6.14. The van der Waals surface area contributed by atoms with Crippen LogP contribution in [0.2, 0.25) is 0 Å². The van der Waals surface area contributed by atoms with Gasteiger partial charge in [0, 0.05) is 6.54 Å². The van der Waals surface area contributed by atoms with E-state index >= 15 is 0 Å². The van der Waals surface area contributed by atoms with Gasteiger partial charge in [0.25, 0.3) is 0 Å². The molecule has 0 aliphatic carbocycles. The summed E-state index contributed by atoms with van der Waals surface area (Å²) in [4.78, 5) is 11.3. The summed E-state index contributed by atoms with van der Waals surface area (Å²) in [7, 11) is 0. The Labute approximate surface area is 87.9 Å². The molecule has 1 aromatic carbocycles. The quantitative estimate of drug-likeness (QED) is 0.776. The molecule has 82 valence electrons. The summed E-state index contributed by atoms with van der Waals surface area (Å²) in [6.07, 6.45) is -0.589. The third kappa shape index (κ3) is 4.08. The summed E-state index contributed by atoms with van der Waals surface area (Å²) in [5, 5.41) is 11.4. The molecule has 3 nitrogen and oxygen atoms in total. The summed E-state index contributed by atoms with van der Waals surface area (Å²) in [5.74, 6) is -0.675. The highest BCUT2D eigenvalue weighted by atomic mass is 19.1. The molecule has 0 fully saturated rings. The largest absolute Gasteiger partial charge is 0.392 e. The van der Waals surface area contributed by atoms with Crippen LogP contribution < -0.4 is 5.32 Å². The molecule has 15 heavy (non-hydrogen) atoms. The van der Waals surface area contributed by atoms with E-state index in [9.17, 15) is 9.18 Å². The Morgan fingerprint density at radius 1 is 1.53 bits per heavy atom. The van der Waals surface area contributed by atoms with Gasteiger partial charge >= 0.3 is 0 Å². The monoisotopic (exact) mass is 211 g/mol. The molecule has 1 rings (SSSR count). The maximum absolute atomic E-state index is 13.1. The van der Waals surface area contributed by atoms with Crippen LogP contribution in [0.4, 0.5) is 4.39 Å². The van der Waals surface area contributed by atoms with E-state index in [-0.39, 0.29) is 24.7 Å². The number of hydrogen-bond acceptors (Lipinski definition) is 2. The molecule has 0 spiro atoms. The third-order valence-electron chi connectivity index (χ3n) is 1.90. The molecular weight excluding hydrogens is 197 g/mol.